The van der Waals surface area contributed by atoms with E-state index in [1.807, 2.05) is 6.92 Å². The standard InChI is InChI=1S/C18H26N4O.HI/c1-14(2)11-19-18(20-12-17(23)21(3)4)22-10-9-15-7-5-6-8-16(15)13-22;/h5-8H,1,9-13H2,2-4H3,(H,19,20);1H. The number of halogens is 1. The van der Waals surface area contributed by atoms with Gasteiger partial charge in [0.1, 0.15) is 6.54 Å². The molecule has 5 nitrogen and oxygen atoms in total. The average molecular weight is 442 g/mol. The Balaban J connectivity index is 0.00000288. The van der Waals surface area contributed by atoms with Crippen LogP contribution in [0.25, 0.3) is 0 Å². The van der Waals surface area contributed by atoms with Gasteiger partial charge in [-0.05, 0) is 24.5 Å². The summed E-state index contributed by atoms with van der Waals surface area (Å²) in [7, 11) is 3.49. The quantitative estimate of drug-likeness (QED) is 0.337. The summed E-state index contributed by atoms with van der Waals surface area (Å²) < 4.78 is 0. The second kappa shape index (κ2) is 9.66. The second-order valence-electron chi connectivity index (χ2n) is 6.18. The fraction of sp³-hybridized carbons (Fsp3) is 0.444. The van der Waals surface area contributed by atoms with E-state index in [1.54, 1.807) is 19.0 Å². The minimum absolute atomic E-state index is 0. The largest absolute Gasteiger partial charge is 0.352 e. The second-order valence-corrected chi connectivity index (χ2v) is 6.18. The molecule has 2 rings (SSSR count). The monoisotopic (exact) mass is 442 g/mol. The van der Waals surface area contributed by atoms with Gasteiger partial charge >= 0.3 is 0 Å². The molecule has 1 heterocycles. The van der Waals surface area contributed by atoms with Crippen molar-refractivity contribution in [1.82, 2.24) is 15.1 Å². The number of nitrogens with one attached hydrogen (secondary N) is 1. The lowest BCUT2D eigenvalue weighted by Crippen LogP contribution is -2.45. The number of guanidine groups is 1. The van der Waals surface area contributed by atoms with Crippen molar-refractivity contribution in [2.75, 3.05) is 33.7 Å². The molecule has 0 aliphatic carbocycles. The fourth-order valence-electron chi connectivity index (χ4n) is 2.46. The first kappa shape index (κ1) is 20.5. The number of rotatable bonds is 4. The number of amides is 1. The molecule has 132 valence electrons. The molecule has 0 aromatic heterocycles. The molecule has 0 saturated heterocycles. The highest BCUT2D eigenvalue weighted by molar-refractivity contribution is 14.0. The molecule has 0 saturated carbocycles. The van der Waals surface area contributed by atoms with Crippen molar-refractivity contribution in [2.24, 2.45) is 4.99 Å². The predicted octanol–water partition coefficient (Wildman–Crippen LogP) is 2.27. The Kier molecular flexibility index (Phi) is 8.24. The number of benzene rings is 1. The van der Waals surface area contributed by atoms with Gasteiger partial charge in [0.15, 0.2) is 5.96 Å². The van der Waals surface area contributed by atoms with E-state index in [0.29, 0.717) is 6.54 Å². The van der Waals surface area contributed by atoms with Crippen LogP contribution in [0.3, 0.4) is 0 Å². The first-order valence-electron chi connectivity index (χ1n) is 7.92. The molecule has 0 unspecified atom stereocenters. The fourth-order valence-corrected chi connectivity index (χ4v) is 2.46. The van der Waals surface area contributed by atoms with E-state index >= 15 is 0 Å². The topological polar surface area (TPSA) is 47.9 Å². The van der Waals surface area contributed by atoms with E-state index in [-0.39, 0.29) is 36.4 Å². The summed E-state index contributed by atoms with van der Waals surface area (Å²) in [5.74, 6) is 0.773. The maximum Gasteiger partial charge on any atom is 0.243 e. The molecule has 6 heteroatoms. The van der Waals surface area contributed by atoms with Crippen molar-refractivity contribution in [3.05, 3.63) is 47.5 Å². The molecule has 1 N–H and O–H groups in total. The Morgan fingerprint density at radius 2 is 2.00 bits per heavy atom. The number of carbonyl (C=O) groups is 1. The van der Waals surface area contributed by atoms with Crippen LogP contribution < -0.4 is 5.32 Å². The van der Waals surface area contributed by atoms with Crippen LogP contribution in [0, 0.1) is 0 Å². The summed E-state index contributed by atoms with van der Waals surface area (Å²) in [4.78, 5) is 20.1. The number of hydrogen-bond acceptors (Lipinski definition) is 2. The Bertz CT molecular complexity index is 613. The molecular weight excluding hydrogens is 415 g/mol. The SMILES string of the molecule is C=C(C)CNC(=NCC(=O)N(C)C)N1CCc2ccccc2C1.I. The highest BCUT2D eigenvalue weighted by Crippen LogP contribution is 2.18. The van der Waals surface area contributed by atoms with Gasteiger partial charge in [0.2, 0.25) is 5.91 Å². The Hall–Kier alpha value is -1.57. The molecule has 0 atom stereocenters. The van der Waals surface area contributed by atoms with Crippen molar-refractivity contribution < 1.29 is 4.79 Å². The Labute approximate surface area is 161 Å². The first-order valence-corrected chi connectivity index (χ1v) is 7.92. The highest BCUT2D eigenvalue weighted by Gasteiger charge is 2.19. The lowest BCUT2D eigenvalue weighted by molar-refractivity contribution is -0.127. The van der Waals surface area contributed by atoms with E-state index in [2.05, 4.69) is 46.1 Å². The smallest absolute Gasteiger partial charge is 0.243 e. The minimum Gasteiger partial charge on any atom is -0.352 e. The van der Waals surface area contributed by atoms with Gasteiger partial charge in [0, 0.05) is 33.7 Å². The van der Waals surface area contributed by atoms with Crippen LogP contribution in [0.15, 0.2) is 41.4 Å². The van der Waals surface area contributed by atoms with Crippen LogP contribution in [-0.2, 0) is 17.8 Å². The lowest BCUT2D eigenvalue weighted by atomic mass is 10.0. The molecule has 1 amide bonds. The zero-order valence-electron chi connectivity index (χ0n) is 14.7. The van der Waals surface area contributed by atoms with E-state index in [0.717, 1.165) is 31.0 Å². The van der Waals surface area contributed by atoms with E-state index in [4.69, 9.17) is 0 Å². The highest BCUT2D eigenvalue weighted by atomic mass is 127. The molecule has 1 aliphatic heterocycles. The Morgan fingerprint density at radius 1 is 1.33 bits per heavy atom. The van der Waals surface area contributed by atoms with Gasteiger partial charge in [-0.1, -0.05) is 36.4 Å². The van der Waals surface area contributed by atoms with Gasteiger partial charge in [0.25, 0.3) is 0 Å². The number of fused-ring (bicyclic) bond motifs is 1. The maximum absolute atomic E-state index is 11.8. The summed E-state index contributed by atoms with van der Waals surface area (Å²) >= 11 is 0. The first-order chi connectivity index (χ1) is 11.0. The number of nitrogens with zero attached hydrogens (tertiary/aromatic N) is 3. The number of likely N-dealkylation sites (N-methyl/N-ethyl adjacent to an activating group) is 1. The zero-order chi connectivity index (χ0) is 16.8. The third-order valence-electron chi connectivity index (χ3n) is 3.84. The third kappa shape index (κ3) is 5.81. The summed E-state index contributed by atoms with van der Waals surface area (Å²) in [6.45, 7) is 8.42. The summed E-state index contributed by atoms with van der Waals surface area (Å²) in [5.41, 5.74) is 3.75. The Morgan fingerprint density at radius 3 is 2.62 bits per heavy atom. The maximum atomic E-state index is 11.8. The third-order valence-corrected chi connectivity index (χ3v) is 3.84. The van der Waals surface area contributed by atoms with Crippen molar-refractivity contribution in [3.63, 3.8) is 0 Å². The van der Waals surface area contributed by atoms with E-state index in [1.165, 1.54) is 11.1 Å². The predicted molar refractivity (Wildman–Crippen MR) is 110 cm³/mol. The average Bonchev–Trinajstić information content (AvgIpc) is 2.53. The van der Waals surface area contributed by atoms with Gasteiger partial charge in [-0.15, -0.1) is 24.0 Å². The van der Waals surface area contributed by atoms with Gasteiger partial charge in [0.05, 0.1) is 0 Å². The zero-order valence-corrected chi connectivity index (χ0v) is 17.0. The van der Waals surface area contributed by atoms with Crippen LogP contribution in [-0.4, -0.2) is 55.4 Å². The molecule has 0 radical (unpaired) electrons. The number of hydrogen-bond donors (Lipinski definition) is 1. The van der Waals surface area contributed by atoms with Crippen LogP contribution in [0.5, 0.6) is 0 Å². The van der Waals surface area contributed by atoms with E-state index < -0.39 is 0 Å². The lowest BCUT2D eigenvalue weighted by Gasteiger charge is -2.32. The summed E-state index contributed by atoms with van der Waals surface area (Å²) in [6, 6.07) is 8.48. The van der Waals surface area contributed by atoms with Crippen molar-refractivity contribution >= 4 is 35.8 Å². The number of aliphatic imine (C=N–C) groups is 1. The van der Waals surface area contributed by atoms with Gasteiger partial charge in [-0.3, -0.25) is 4.79 Å². The molecule has 0 bridgehead atoms. The molecular formula is C18H27IN4O. The van der Waals surface area contributed by atoms with E-state index in [9.17, 15) is 4.79 Å². The van der Waals surface area contributed by atoms with Crippen molar-refractivity contribution in [2.45, 2.75) is 19.9 Å². The summed E-state index contributed by atoms with van der Waals surface area (Å²) in [5, 5.41) is 3.32. The van der Waals surface area contributed by atoms with Gasteiger partial charge < -0.3 is 15.1 Å². The minimum atomic E-state index is -0.00275. The molecule has 1 aromatic rings. The molecule has 1 aliphatic rings. The van der Waals surface area contributed by atoms with Crippen LogP contribution in [0.1, 0.15) is 18.1 Å². The number of carbonyl (C=O) groups excluding carboxylic acids is 1. The molecule has 24 heavy (non-hydrogen) atoms. The van der Waals surface area contributed by atoms with Gasteiger partial charge in [-0.25, -0.2) is 4.99 Å². The van der Waals surface area contributed by atoms with Gasteiger partial charge in [-0.2, -0.15) is 0 Å². The van der Waals surface area contributed by atoms with Crippen LogP contribution in [0.4, 0.5) is 0 Å². The normalized spacial score (nSPS) is 13.6. The van der Waals surface area contributed by atoms with Crippen LogP contribution >= 0.6 is 24.0 Å². The molecule has 0 fully saturated rings. The summed E-state index contributed by atoms with van der Waals surface area (Å²) in [6.07, 6.45) is 0.992. The van der Waals surface area contributed by atoms with Crippen LogP contribution in [0.2, 0.25) is 0 Å². The van der Waals surface area contributed by atoms with Crippen molar-refractivity contribution in [1.29, 1.82) is 0 Å². The van der Waals surface area contributed by atoms with Crippen molar-refractivity contribution in [3.8, 4) is 0 Å². The molecule has 0 spiro atoms. The molecule has 1 aromatic carbocycles.